The Bertz CT molecular complexity index is 841. The highest BCUT2D eigenvalue weighted by molar-refractivity contribution is 5.29. The lowest BCUT2D eigenvalue weighted by Crippen LogP contribution is -3.28. The molecule has 0 unspecified atom stereocenters. The monoisotopic (exact) mass is 418 g/mol. The zero-order valence-corrected chi connectivity index (χ0v) is 18.1. The summed E-state index contributed by atoms with van der Waals surface area (Å²) in [4.78, 5) is 3.11. The lowest BCUT2D eigenvalue weighted by molar-refractivity contribution is -1.02. The topological polar surface area (TPSA) is 38.3 Å². The zero-order chi connectivity index (χ0) is 21.3. The summed E-state index contributed by atoms with van der Waals surface area (Å²) in [6.45, 7) is 6.67. The molecule has 3 aromatic rings. The van der Waals surface area contributed by atoms with Crippen LogP contribution in [0.1, 0.15) is 22.8 Å². The molecule has 3 aromatic carbocycles. The molecule has 4 nitrogen and oxygen atoms in total. The molecule has 3 N–H and O–H groups in total. The van der Waals surface area contributed by atoms with Crippen molar-refractivity contribution in [1.82, 2.24) is 0 Å². The van der Waals surface area contributed by atoms with Gasteiger partial charge in [-0.15, -0.1) is 0 Å². The van der Waals surface area contributed by atoms with E-state index >= 15 is 0 Å². The Kier molecular flexibility index (Phi) is 7.86. The van der Waals surface area contributed by atoms with Gasteiger partial charge in [-0.2, -0.15) is 0 Å². The Labute approximate surface area is 185 Å². The van der Waals surface area contributed by atoms with Crippen molar-refractivity contribution in [1.29, 1.82) is 0 Å². The number of quaternary nitrogens is 2. The molecule has 0 saturated carbocycles. The van der Waals surface area contributed by atoms with E-state index in [1.807, 2.05) is 36.4 Å². The van der Waals surface area contributed by atoms with E-state index in [0.717, 1.165) is 50.4 Å². The smallest absolute Gasteiger partial charge is 0.127 e. The number of nitrogens with one attached hydrogen (secondary N) is 2. The highest BCUT2D eigenvalue weighted by Crippen LogP contribution is 2.25. The van der Waals surface area contributed by atoms with Crippen LogP contribution in [0.5, 0.6) is 0 Å². The first-order valence-electron chi connectivity index (χ1n) is 11.4. The fourth-order valence-corrected chi connectivity index (χ4v) is 4.46. The van der Waals surface area contributed by atoms with Crippen molar-refractivity contribution in [2.45, 2.75) is 18.8 Å². The molecule has 1 aliphatic rings. The molecule has 31 heavy (non-hydrogen) atoms. The molecule has 0 radical (unpaired) electrons. The molecular weight excluding hydrogens is 384 g/mol. The van der Waals surface area contributed by atoms with E-state index in [1.165, 1.54) is 10.5 Å². The zero-order valence-electron chi connectivity index (χ0n) is 18.1. The summed E-state index contributed by atoms with van der Waals surface area (Å²) < 4.78 is 6.25. The number of hydrogen-bond donors (Lipinski definition) is 3. The fraction of sp³-hybridized carbons (Fsp3) is 0.333. The minimum Gasteiger partial charge on any atom is -0.385 e. The predicted molar refractivity (Wildman–Crippen MR) is 123 cm³/mol. The summed E-state index contributed by atoms with van der Waals surface area (Å²) in [5, 5.41) is 10.7. The standard InChI is InChI=1S/C27H32N2O2/c30-26(21-29-18-16-28(17-19-29)20-23-10-4-1-5-11-23)22-31-27(24-12-6-2-7-13-24)25-14-8-3-9-15-25/h1-15,26-27,30H,16-22H2/p+2/t26-/m0/s1. The maximum absolute atomic E-state index is 10.7. The van der Waals surface area contributed by atoms with Gasteiger partial charge < -0.3 is 19.6 Å². The van der Waals surface area contributed by atoms with Crippen molar-refractivity contribution in [2.75, 3.05) is 39.3 Å². The van der Waals surface area contributed by atoms with Gasteiger partial charge in [0.1, 0.15) is 51.5 Å². The van der Waals surface area contributed by atoms with Crippen LogP contribution in [0.3, 0.4) is 0 Å². The minimum atomic E-state index is -0.458. The van der Waals surface area contributed by atoms with Gasteiger partial charge in [-0.3, -0.25) is 0 Å². The number of aliphatic hydroxyl groups excluding tert-OH is 1. The average molecular weight is 419 g/mol. The molecule has 0 aliphatic carbocycles. The molecule has 1 aliphatic heterocycles. The summed E-state index contributed by atoms with van der Waals surface area (Å²) in [5.74, 6) is 0. The number of benzene rings is 3. The van der Waals surface area contributed by atoms with Crippen LogP contribution in [0.15, 0.2) is 91.0 Å². The van der Waals surface area contributed by atoms with Crippen molar-refractivity contribution in [2.24, 2.45) is 0 Å². The van der Waals surface area contributed by atoms with Gasteiger partial charge >= 0.3 is 0 Å². The normalized spacial score (nSPS) is 19.9. The Morgan fingerprint density at radius 3 is 1.71 bits per heavy atom. The molecule has 1 saturated heterocycles. The summed E-state index contributed by atoms with van der Waals surface area (Å²) >= 11 is 0. The molecule has 0 aromatic heterocycles. The van der Waals surface area contributed by atoms with Gasteiger partial charge in [-0.05, 0) is 11.1 Å². The van der Waals surface area contributed by atoms with Gasteiger partial charge in [0.2, 0.25) is 0 Å². The van der Waals surface area contributed by atoms with E-state index < -0.39 is 6.10 Å². The number of hydrogen-bond acceptors (Lipinski definition) is 2. The van der Waals surface area contributed by atoms with Gasteiger partial charge in [0.05, 0.1) is 6.61 Å². The number of ether oxygens (including phenoxy) is 1. The third-order valence-corrected chi connectivity index (χ3v) is 6.15. The molecule has 4 heteroatoms. The van der Waals surface area contributed by atoms with E-state index in [1.54, 1.807) is 4.90 Å². The highest BCUT2D eigenvalue weighted by Gasteiger charge is 2.26. The van der Waals surface area contributed by atoms with Crippen LogP contribution in [-0.4, -0.2) is 50.5 Å². The van der Waals surface area contributed by atoms with Crippen molar-refractivity contribution in [3.63, 3.8) is 0 Å². The lowest BCUT2D eigenvalue weighted by atomic mass is 10.0. The van der Waals surface area contributed by atoms with E-state index in [4.69, 9.17) is 4.74 Å². The van der Waals surface area contributed by atoms with E-state index in [-0.39, 0.29) is 6.10 Å². The molecule has 0 bridgehead atoms. The van der Waals surface area contributed by atoms with Gasteiger partial charge in [-0.25, -0.2) is 0 Å². The molecule has 1 heterocycles. The van der Waals surface area contributed by atoms with E-state index in [2.05, 4.69) is 54.6 Å². The number of rotatable bonds is 9. The van der Waals surface area contributed by atoms with Gasteiger partial charge in [0.15, 0.2) is 0 Å². The van der Waals surface area contributed by atoms with Crippen LogP contribution in [0.2, 0.25) is 0 Å². The fourth-order valence-electron chi connectivity index (χ4n) is 4.46. The Morgan fingerprint density at radius 2 is 1.16 bits per heavy atom. The second-order valence-electron chi connectivity index (χ2n) is 8.56. The summed E-state index contributed by atoms with van der Waals surface area (Å²) in [6, 6.07) is 31.2. The molecule has 4 rings (SSSR count). The second kappa shape index (κ2) is 11.2. The first kappa shape index (κ1) is 21.7. The number of aliphatic hydroxyl groups is 1. The first-order chi connectivity index (χ1) is 15.3. The minimum absolute atomic E-state index is 0.154. The average Bonchev–Trinajstić information content (AvgIpc) is 2.83. The van der Waals surface area contributed by atoms with Crippen LogP contribution in [0, 0.1) is 0 Å². The SMILES string of the molecule is O[C@H](COC(c1ccccc1)c1ccccc1)C[NH+]1CC[NH+](Cc2ccccc2)CC1. The first-order valence-corrected chi connectivity index (χ1v) is 11.4. The highest BCUT2D eigenvalue weighted by atomic mass is 16.5. The van der Waals surface area contributed by atoms with Crippen molar-refractivity contribution >= 4 is 0 Å². The summed E-state index contributed by atoms with van der Waals surface area (Å²) in [6.07, 6.45) is -0.611. The third kappa shape index (κ3) is 6.49. The summed E-state index contributed by atoms with van der Waals surface area (Å²) in [5.41, 5.74) is 3.64. The molecule has 1 fully saturated rings. The Hall–Kier alpha value is -2.50. The van der Waals surface area contributed by atoms with Crippen LogP contribution in [0.25, 0.3) is 0 Å². The van der Waals surface area contributed by atoms with Crippen molar-refractivity contribution < 1.29 is 19.6 Å². The molecule has 0 amide bonds. The van der Waals surface area contributed by atoms with Crippen LogP contribution < -0.4 is 9.80 Å². The van der Waals surface area contributed by atoms with Crippen molar-refractivity contribution in [3.8, 4) is 0 Å². The van der Waals surface area contributed by atoms with Gasteiger partial charge in [-0.1, -0.05) is 91.0 Å². The molecule has 1 atom stereocenters. The maximum Gasteiger partial charge on any atom is 0.127 e. The van der Waals surface area contributed by atoms with Gasteiger partial charge in [0, 0.05) is 5.56 Å². The number of piperazine rings is 1. The molecule has 0 spiro atoms. The van der Waals surface area contributed by atoms with Crippen LogP contribution >= 0.6 is 0 Å². The Balaban J connectivity index is 1.26. The van der Waals surface area contributed by atoms with Gasteiger partial charge in [0.25, 0.3) is 0 Å². The molecule has 162 valence electrons. The quantitative estimate of drug-likeness (QED) is 0.488. The largest absolute Gasteiger partial charge is 0.385 e. The van der Waals surface area contributed by atoms with E-state index in [9.17, 15) is 5.11 Å². The third-order valence-electron chi connectivity index (χ3n) is 6.15. The van der Waals surface area contributed by atoms with Crippen LogP contribution in [-0.2, 0) is 11.3 Å². The van der Waals surface area contributed by atoms with Crippen LogP contribution in [0.4, 0.5) is 0 Å². The van der Waals surface area contributed by atoms with Crippen molar-refractivity contribution in [3.05, 3.63) is 108 Å². The van der Waals surface area contributed by atoms with E-state index in [0.29, 0.717) is 6.61 Å². The molecular formula is C27H34N2O2+2. The summed E-state index contributed by atoms with van der Waals surface area (Å²) in [7, 11) is 0. The second-order valence-corrected chi connectivity index (χ2v) is 8.56. The lowest BCUT2D eigenvalue weighted by Gasteiger charge is -2.31. The maximum atomic E-state index is 10.7. The predicted octanol–water partition coefficient (Wildman–Crippen LogP) is 1.14. The Morgan fingerprint density at radius 1 is 0.677 bits per heavy atom.